The first-order valence-corrected chi connectivity index (χ1v) is 4.13. The zero-order chi connectivity index (χ0) is 9.68. The topological polar surface area (TPSA) is 35.5 Å². The number of carbonyl (C=O) groups excluding carboxylic acids is 1. The highest BCUT2D eigenvalue weighted by Crippen LogP contribution is 2.10. The summed E-state index contributed by atoms with van der Waals surface area (Å²) in [5.41, 5.74) is 0. The van der Waals surface area contributed by atoms with Gasteiger partial charge >= 0.3 is 5.97 Å². The molecule has 0 fully saturated rings. The number of terminal acetylenes is 1. The van der Waals surface area contributed by atoms with Gasteiger partial charge in [-0.2, -0.15) is 0 Å². The number of esters is 1. The van der Waals surface area contributed by atoms with Crippen molar-refractivity contribution in [3.05, 3.63) is 12.2 Å². The van der Waals surface area contributed by atoms with Crippen molar-refractivity contribution in [2.24, 2.45) is 0 Å². The number of hydrogen-bond acceptors (Lipinski definition) is 3. The molecule has 0 bridgehead atoms. The number of hydrogen-bond donors (Lipinski definition) is 0. The fourth-order valence-corrected chi connectivity index (χ4v) is 1.11. The van der Waals surface area contributed by atoms with Crippen molar-refractivity contribution in [3.8, 4) is 12.3 Å². The number of carbonyl (C=O) groups is 1. The minimum absolute atomic E-state index is 0.0307. The first kappa shape index (κ1) is 9.82. The maximum absolute atomic E-state index is 10.6. The monoisotopic (exact) mass is 180 g/mol. The van der Waals surface area contributed by atoms with E-state index < -0.39 is 0 Å². The fourth-order valence-electron chi connectivity index (χ4n) is 1.11. The second-order valence-corrected chi connectivity index (χ2v) is 2.81. The molecule has 0 aromatic heterocycles. The summed E-state index contributed by atoms with van der Waals surface area (Å²) in [5, 5.41) is 0. The smallest absolute Gasteiger partial charge is 0.303 e. The highest BCUT2D eigenvalue weighted by molar-refractivity contribution is 5.66. The fraction of sp³-hybridized carbons (Fsp3) is 0.500. The highest BCUT2D eigenvalue weighted by atomic mass is 16.6. The minimum Gasteiger partial charge on any atom is -0.456 e. The molecular weight excluding hydrogens is 168 g/mol. The summed E-state index contributed by atoms with van der Waals surface area (Å²) in [5.74, 6) is 2.21. The number of rotatable bonds is 2. The molecule has 0 amide bonds. The van der Waals surface area contributed by atoms with Gasteiger partial charge in [-0.1, -0.05) is 6.08 Å². The molecule has 13 heavy (non-hydrogen) atoms. The van der Waals surface area contributed by atoms with Crippen molar-refractivity contribution in [1.29, 1.82) is 0 Å². The third-order valence-electron chi connectivity index (χ3n) is 1.65. The quantitative estimate of drug-likeness (QED) is 0.360. The van der Waals surface area contributed by atoms with Gasteiger partial charge in [-0.15, -0.1) is 12.3 Å². The van der Waals surface area contributed by atoms with Crippen LogP contribution in [0.15, 0.2) is 12.2 Å². The van der Waals surface area contributed by atoms with Crippen molar-refractivity contribution in [3.63, 3.8) is 0 Å². The van der Waals surface area contributed by atoms with E-state index in [1.54, 1.807) is 0 Å². The van der Waals surface area contributed by atoms with E-state index in [-0.39, 0.29) is 18.2 Å². The van der Waals surface area contributed by atoms with Crippen LogP contribution in [-0.2, 0) is 14.3 Å². The molecule has 1 rings (SSSR count). The van der Waals surface area contributed by atoms with Crippen molar-refractivity contribution < 1.29 is 14.3 Å². The number of ether oxygens (including phenoxy) is 2. The van der Waals surface area contributed by atoms with Gasteiger partial charge in [-0.05, 0) is 6.08 Å². The average molecular weight is 180 g/mol. The standard InChI is InChI=1S/C10H12O3/c1-3-4-9-5-6-10(7-12-9)13-8(2)11/h1,5-6,9-10H,4,7H2,2H3/t9-,10-/m0/s1. The molecule has 1 aliphatic heterocycles. The van der Waals surface area contributed by atoms with E-state index in [0.29, 0.717) is 13.0 Å². The Hall–Kier alpha value is -1.27. The Morgan fingerprint density at radius 3 is 3.00 bits per heavy atom. The van der Waals surface area contributed by atoms with Crippen LogP contribution in [0.2, 0.25) is 0 Å². The summed E-state index contributed by atoms with van der Waals surface area (Å²) >= 11 is 0. The van der Waals surface area contributed by atoms with E-state index in [1.165, 1.54) is 6.92 Å². The molecule has 1 aliphatic rings. The van der Waals surface area contributed by atoms with Gasteiger partial charge in [0.05, 0.1) is 12.7 Å². The second-order valence-electron chi connectivity index (χ2n) is 2.81. The van der Waals surface area contributed by atoms with Gasteiger partial charge in [0, 0.05) is 13.3 Å². The maximum atomic E-state index is 10.6. The lowest BCUT2D eigenvalue weighted by atomic mass is 10.1. The molecular formula is C10H12O3. The van der Waals surface area contributed by atoms with Gasteiger partial charge in [0.15, 0.2) is 0 Å². The average Bonchev–Trinajstić information content (AvgIpc) is 2.08. The van der Waals surface area contributed by atoms with Crippen LogP contribution in [0.4, 0.5) is 0 Å². The molecule has 0 radical (unpaired) electrons. The maximum Gasteiger partial charge on any atom is 0.303 e. The van der Waals surface area contributed by atoms with Gasteiger partial charge in [0.2, 0.25) is 0 Å². The van der Waals surface area contributed by atoms with E-state index in [1.807, 2.05) is 12.2 Å². The molecule has 0 unspecified atom stereocenters. The molecule has 70 valence electrons. The normalized spacial score (nSPS) is 26.5. The summed E-state index contributed by atoms with van der Waals surface area (Å²) in [6.07, 6.45) is 9.04. The molecule has 0 aliphatic carbocycles. The van der Waals surface area contributed by atoms with Crippen LogP contribution in [-0.4, -0.2) is 24.8 Å². The van der Waals surface area contributed by atoms with Crippen LogP contribution >= 0.6 is 0 Å². The summed E-state index contributed by atoms with van der Waals surface area (Å²) in [7, 11) is 0. The summed E-state index contributed by atoms with van der Waals surface area (Å²) < 4.78 is 10.2. The lowest BCUT2D eigenvalue weighted by Gasteiger charge is -2.21. The van der Waals surface area contributed by atoms with Crippen molar-refractivity contribution in [2.45, 2.75) is 25.6 Å². The van der Waals surface area contributed by atoms with Crippen LogP contribution < -0.4 is 0 Å². The molecule has 0 aromatic carbocycles. The third-order valence-corrected chi connectivity index (χ3v) is 1.65. The van der Waals surface area contributed by atoms with Crippen molar-refractivity contribution in [2.75, 3.05) is 6.61 Å². The Labute approximate surface area is 77.7 Å². The van der Waals surface area contributed by atoms with E-state index in [9.17, 15) is 4.79 Å². The minimum atomic E-state index is -0.298. The van der Waals surface area contributed by atoms with Crippen molar-refractivity contribution >= 4 is 5.97 Å². The highest BCUT2D eigenvalue weighted by Gasteiger charge is 2.16. The zero-order valence-corrected chi connectivity index (χ0v) is 7.53. The molecule has 0 N–H and O–H groups in total. The summed E-state index contributed by atoms with van der Waals surface area (Å²) in [4.78, 5) is 10.6. The van der Waals surface area contributed by atoms with Crippen LogP contribution in [0.25, 0.3) is 0 Å². The first-order chi connectivity index (χ1) is 6.22. The molecule has 2 atom stereocenters. The second kappa shape index (κ2) is 4.68. The molecule has 0 aromatic rings. The Bertz CT molecular complexity index is 249. The Morgan fingerprint density at radius 2 is 2.54 bits per heavy atom. The summed E-state index contributed by atoms with van der Waals surface area (Å²) in [6, 6.07) is 0. The van der Waals surface area contributed by atoms with Gasteiger partial charge < -0.3 is 9.47 Å². The van der Waals surface area contributed by atoms with Gasteiger partial charge in [-0.25, -0.2) is 0 Å². The Balaban J connectivity index is 2.39. The lowest BCUT2D eigenvalue weighted by molar-refractivity contribution is -0.147. The zero-order valence-electron chi connectivity index (χ0n) is 7.53. The predicted octanol–water partition coefficient (Wildman–Crippen LogP) is 0.896. The van der Waals surface area contributed by atoms with E-state index in [4.69, 9.17) is 15.9 Å². The SMILES string of the molecule is C#CC[C@H]1C=C[C@H](OC(C)=O)CO1. The van der Waals surface area contributed by atoms with Crippen LogP contribution in [0, 0.1) is 12.3 Å². The third kappa shape index (κ3) is 3.30. The van der Waals surface area contributed by atoms with Gasteiger partial charge in [0.1, 0.15) is 6.10 Å². The Kier molecular flexibility index (Phi) is 3.53. The van der Waals surface area contributed by atoms with Crippen LogP contribution in [0.3, 0.4) is 0 Å². The van der Waals surface area contributed by atoms with Gasteiger partial charge in [-0.3, -0.25) is 4.79 Å². The van der Waals surface area contributed by atoms with Crippen LogP contribution in [0.1, 0.15) is 13.3 Å². The largest absolute Gasteiger partial charge is 0.456 e. The first-order valence-electron chi connectivity index (χ1n) is 4.13. The molecule has 0 spiro atoms. The van der Waals surface area contributed by atoms with E-state index >= 15 is 0 Å². The molecule has 3 heteroatoms. The summed E-state index contributed by atoms with van der Waals surface area (Å²) in [6.45, 7) is 1.77. The molecule has 1 heterocycles. The molecule has 0 saturated heterocycles. The van der Waals surface area contributed by atoms with E-state index in [2.05, 4.69) is 5.92 Å². The molecule has 0 saturated carbocycles. The Morgan fingerprint density at radius 1 is 1.77 bits per heavy atom. The lowest BCUT2D eigenvalue weighted by Crippen LogP contribution is -2.27. The van der Waals surface area contributed by atoms with Gasteiger partial charge in [0.25, 0.3) is 0 Å². The predicted molar refractivity (Wildman–Crippen MR) is 47.9 cm³/mol. The molecule has 3 nitrogen and oxygen atoms in total. The van der Waals surface area contributed by atoms with Crippen LogP contribution in [0.5, 0.6) is 0 Å². The van der Waals surface area contributed by atoms with Crippen molar-refractivity contribution in [1.82, 2.24) is 0 Å². The van der Waals surface area contributed by atoms with E-state index in [0.717, 1.165) is 0 Å².